The number of nitrogens with zero attached hydrogens (tertiary/aromatic N) is 7. The molecule has 20 aromatic rings. The Balaban J connectivity index is 0.000000118. The van der Waals surface area contributed by atoms with E-state index in [1.165, 1.54) is 83.5 Å². The first-order chi connectivity index (χ1) is 62.5. The summed E-state index contributed by atoms with van der Waals surface area (Å²) < 4.78 is 6.27. The Morgan fingerprint density at radius 2 is 0.519 bits per heavy atom. The van der Waals surface area contributed by atoms with Crippen molar-refractivity contribution in [3.05, 3.63) is 416 Å². The van der Waals surface area contributed by atoms with E-state index in [1.807, 2.05) is 72.8 Å². The van der Waals surface area contributed by atoms with E-state index in [0.29, 0.717) is 17.5 Å². The molecule has 16 aromatic carbocycles. The molecule has 3 aliphatic carbocycles. The van der Waals surface area contributed by atoms with Crippen LogP contribution in [0.15, 0.2) is 387 Å². The maximum atomic E-state index is 6.27. The number of para-hydroxylation sites is 1. The predicted octanol–water partition coefficient (Wildman–Crippen LogP) is 31.4. The topological polar surface area (TPSA) is 103 Å². The van der Waals surface area contributed by atoms with Gasteiger partial charge in [0.2, 0.25) is 0 Å². The molecule has 0 N–H and O–H groups in total. The minimum atomic E-state index is -0.0828. The van der Waals surface area contributed by atoms with Gasteiger partial charge in [-0.15, -0.1) is 0 Å². The van der Waals surface area contributed by atoms with Gasteiger partial charge in [-0.25, -0.2) is 34.9 Å². The van der Waals surface area contributed by atoms with E-state index in [9.17, 15) is 0 Å². The molecule has 0 amide bonds. The normalized spacial score (nSPS) is 14.7. The third kappa shape index (κ3) is 13.9. The fraction of sp³-hybridized carbons (Fsp3) is 0.149. The molecule has 0 radical (unpaired) electrons. The van der Waals surface area contributed by atoms with Gasteiger partial charge in [0.1, 0.15) is 11.2 Å². The highest BCUT2D eigenvalue weighted by Crippen LogP contribution is 2.58. The van der Waals surface area contributed by atoms with Gasteiger partial charge in [0.05, 0.1) is 33.6 Å². The third-order valence-corrected chi connectivity index (χ3v) is 29.4. The van der Waals surface area contributed by atoms with Crippen molar-refractivity contribution in [2.75, 3.05) is 0 Å². The van der Waals surface area contributed by atoms with Crippen LogP contribution >= 0.6 is 0 Å². The maximum absolute atomic E-state index is 6.27. The number of hydrogen-bond acceptors (Lipinski definition) is 8. The van der Waals surface area contributed by atoms with E-state index >= 15 is 0 Å². The average molecular weight is 1670 g/mol. The molecule has 4 aromatic heterocycles. The molecule has 0 atom stereocenters. The van der Waals surface area contributed by atoms with Gasteiger partial charge in [-0.1, -0.05) is 405 Å². The van der Waals surface area contributed by atoms with Crippen LogP contribution in [0.2, 0.25) is 0 Å². The van der Waals surface area contributed by atoms with Crippen molar-refractivity contribution in [2.24, 2.45) is 0 Å². The van der Waals surface area contributed by atoms with Gasteiger partial charge in [0.25, 0.3) is 0 Å². The first-order valence-electron chi connectivity index (χ1n) is 44.9. The summed E-state index contributed by atoms with van der Waals surface area (Å²) in [4.78, 5) is 36.0. The molecule has 8 heteroatoms. The Morgan fingerprint density at radius 1 is 0.171 bits per heavy atom. The fourth-order valence-corrected chi connectivity index (χ4v) is 20.1. The minimum Gasteiger partial charge on any atom is -0.456 e. The summed E-state index contributed by atoms with van der Waals surface area (Å²) in [6.45, 7) is 28.5. The molecule has 0 saturated heterocycles. The minimum absolute atomic E-state index is 0.000753. The van der Waals surface area contributed by atoms with Gasteiger partial charge in [0, 0.05) is 55.1 Å². The molecule has 0 fully saturated rings. The Morgan fingerprint density at radius 3 is 1.07 bits per heavy atom. The Kier molecular flexibility index (Phi) is 19.8. The van der Waals surface area contributed by atoms with Crippen molar-refractivity contribution in [3.63, 3.8) is 0 Å². The van der Waals surface area contributed by atoms with Gasteiger partial charge < -0.3 is 4.42 Å². The third-order valence-electron chi connectivity index (χ3n) is 29.4. The number of rotatable bonds is 10. The van der Waals surface area contributed by atoms with Crippen LogP contribution in [0.3, 0.4) is 0 Å². The molecule has 23 rings (SSSR count). The summed E-state index contributed by atoms with van der Waals surface area (Å²) >= 11 is 0. The second-order valence-corrected chi connectivity index (χ2v) is 37.9. The highest BCUT2D eigenvalue weighted by molar-refractivity contribution is 6.12. The van der Waals surface area contributed by atoms with E-state index in [1.54, 1.807) is 0 Å². The van der Waals surface area contributed by atoms with Crippen molar-refractivity contribution >= 4 is 43.9 Å². The molecule has 0 bridgehead atoms. The Labute approximate surface area is 755 Å². The lowest BCUT2D eigenvalue weighted by Gasteiger charge is -2.48. The van der Waals surface area contributed by atoms with Gasteiger partial charge in [-0.05, 0) is 193 Å². The number of benzene rings is 16. The summed E-state index contributed by atoms with van der Waals surface area (Å²) in [5, 5.41) is 3.10. The van der Waals surface area contributed by atoms with E-state index in [2.05, 4.69) is 392 Å². The smallest absolute Gasteiger partial charge is 0.164 e. The number of aromatic nitrogens is 7. The van der Waals surface area contributed by atoms with Crippen LogP contribution in [0.1, 0.15) is 116 Å². The number of hydrogen-bond donors (Lipinski definition) is 0. The van der Waals surface area contributed by atoms with Crippen LogP contribution < -0.4 is 0 Å². The van der Waals surface area contributed by atoms with Crippen LogP contribution in [-0.2, 0) is 32.5 Å². The fourth-order valence-electron chi connectivity index (χ4n) is 20.1. The molecular weight excluding hydrogens is 1570 g/mol. The largest absolute Gasteiger partial charge is 0.456 e. The molecule has 0 aliphatic heterocycles. The predicted molar refractivity (Wildman–Crippen MR) is 535 cm³/mol. The first kappa shape index (κ1) is 81.1. The number of furan rings is 1. The van der Waals surface area contributed by atoms with Crippen LogP contribution in [0.4, 0.5) is 0 Å². The van der Waals surface area contributed by atoms with Crippen molar-refractivity contribution in [2.45, 2.75) is 116 Å². The second kappa shape index (κ2) is 31.5. The zero-order valence-corrected chi connectivity index (χ0v) is 74.9. The van der Waals surface area contributed by atoms with Gasteiger partial charge in [-0.3, -0.25) is 0 Å². The SMILES string of the molecule is CC1(C)c2ccccc2-c2cc(-c3nc(-c4cccc(-c5ccccc5)c4)nc(-c4cccc5oc6ccccc6c45)n3)ccc2C1(C)C.CC1(C)c2ccccc2-c2ccc(-c3ccc4nc(-c5ccccc5)c(-c5ccccc5)nc4c3)cc2C1(C)C.CC1(C)c2ccccc2-c2ccc(-c3ccc4nc(-c5ccccc5)nc(-c5ccccc5)c4c3)cc2C1(C)C. The summed E-state index contributed by atoms with van der Waals surface area (Å²) in [5.41, 5.74) is 37.2. The zero-order valence-electron chi connectivity index (χ0n) is 74.9. The second-order valence-electron chi connectivity index (χ2n) is 37.9. The van der Waals surface area contributed by atoms with Gasteiger partial charge >= 0.3 is 0 Å². The average Bonchev–Trinajstić information content (AvgIpc) is 1.63. The molecule has 129 heavy (non-hydrogen) atoms. The summed E-state index contributed by atoms with van der Waals surface area (Å²) in [5.74, 6) is 2.62. The Bertz CT molecular complexity index is 7780. The standard InChI is InChI=1S/C45H35N3O.2C38H32N2/c1-44(2)36-21-10-8-18-32(36)35-27-31(24-25-37(35)45(44,3)4)42-46-41(30-17-12-16-29(26-30)28-14-6-5-7-15-28)47-43(48-42)34-20-13-23-39-40(34)33-19-9-11-22-38(33)49-39;1-37(2)32-18-12-11-17-29(32)30-21-19-28(24-33(30)38(37,3)4)27-20-22-34-31(23-27)35(25-13-7-5-8-14-25)40-36(39-34)26-15-9-6-10-16-26;1-37(2)31-18-12-11-17-29(31)30-21-19-27(23-32(30)38(37,3)4)28-20-22-33-34(24-28)40-36(26-15-9-6-10-16-26)35(39-33)25-13-7-5-8-14-25/h5-27H,1-4H3;2*5-24H,1-4H3. The van der Waals surface area contributed by atoms with Crippen molar-refractivity contribution < 1.29 is 4.42 Å². The lowest BCUT2D eigenvalue weighted by Crippen LogP contribution is -2.43. The Hall–Kier alpha value is -15.0. The zero-order chi connectivity index (χ0) is 88.3. The number of fused-ring (bicyclic) bond motifs is 14. The van der Waals surface area contributed by atoms with Crippen molar-refractivity contribution in [1.29, 1.82) is 0 Å². The maximum Gasteiger partial charge on any atom is 0.164 e. The van der Waals surface area contributed by atoms with Gasteiger partial charge in [0.15, 0.2) is 23.3 Å². The summed E-state index contributed by atoms with van der Waals surface area (Å²) in [6, 6.07) is 135. The quantitative estimate of drug-likeness (QED) is 0.133. The van der Waals surface area contributed by atoms with E-state index in [0.717, 1.165) is 122 Å². The van der Waals surface area contributed by atoms with Crippen LogP contribution in [0.25, 0.3) is 190 Å². The first-order valence-corrected chi connectivity index (χ1v) is 44.9. The summed E-state index contributed by atoms with van der Waals surface area (Å²) in [6.07, 6.45) is 0. The highest BCUT2D eigenvalue weighted by Gasteiger charge is 2.49. The molecule has 8 nitrogen and oxygen atoms in total. The van der Waals surface area contributed by atoms with Crippen LogP contribution in [0.5, 0.6) is 0 Å². The molecular formula is C121H99N7O. The molecule has 4 heterocycles. The molecule has 3 aliphatic rings. The molecule has 624 valence electrons. The molecule has 0 saturated carbocycles. The molecule has 0 spiro atoms. The van der Waals surface area contributed by atoms with E-state index in [-0.39, 0.29) is 32.5 Å². The summed E-state index contributed by atoms with van der Waals surface area (Å²) in [7, 11) is 0. The van der Waals surface area contributed by atoms with E-state index < -0.39 is 0 Å². The van der Waals surface area contributed by atoms with Crippen molar-refractivity contribution in [3.8, 4) is 146 Å². The van der Waals surface area contributed by atoms with Crippen molar-refractivity contribution in [1.82, 2.24) is 34.9 Å². The van der Waals surface area contributed by atoms with Gasteiger partial charge in [-0.2, -0.15) is 0 Å². The lowest BCUT2D eigenvalue weighted by molar-refractivity contribution is 0.299. The van der Waals surface area contributed by atoms with Crippen LogP contribution in [-0.4, -0.2) is 34.9 Å². The molecule has 0 unspecified atom stereocenters. The van der Waals surface area contributed by atoms with Crippen LogP contribution in [0, 0.1) is 0 Å². The van der Waals surface area contributed by atoms with E-state index in [4.69, 9.17) is 39.3 Å². The highest BCUT2D eigenvalue weighted by atomic mass is 16.3. The monoisotopic (exact) mass is 1670 g/mol. The lowest BCUT2D eigenvalue weighted by atomic mass is 9.55.